The number of carboxylic acid groups (broad SMARTS) is 1. The molecule has 0 atom stereocenters. The number of nitrogen functional groups attached to an aromatic ring is 1. The van der Waals surface area contributed by atoms with E-state index in [1.807, 2.05) is 0 Å². The number of carboxylic acids is 1. The maximum atomic E-state index is 12.4. The number of halogens is 4. The van der Waals surface area contributed by atoms with Gasteiger partial charge in [0, 0.05) is 23.0 Å². The van der Waals surface area contributed by atoms with Crippen LogP contribution in [0.5, 0.6) is 5.88 Å². The van der Waals surface area contributed by atoms with Crippen molar-refractivity contribution in [1.29, 1.82) is 0 Å². The van der Waals surface area contributed by atoms with Crippen LogP contribution in [0.15, 0.2) is 6.20 Å². The van der Waals surface area contributed by atoms with Gasteiger partial charge in [0.05, 0.1) is 6.42 Å². The molecule has 18 heavy (non-hydrogen) atoms. The van der Waals surface area contributed by atoms with E-state index in [4.69, 9.17) is 10.8 Å². The molecule has 9 heteroatoms. The Bertz CT molecular complexity index is 462. The normalized spacial score (nSPS) is 11.3. The highest BCUT2D eigenvalue weighted by Gasteiger charge is 2.34. The Kier molecular flexibility index (Phi) is 3.94. The monoisotopic (exact) mass is 268 g/mol. The molecule has 0 bridgehead atoms. The number of carbonyl (C=O) groups is 1. The number of nitrogens with zero attached hydrogens (tertiary/aromatic N) is 1. The average molecular weight is 268 g/mol. The van der Waals surface area contributed by atoms with Gasteiger partial charge in [0.2, 0.25) is 5.88 Å². The van der Waals surface area contributed by atoms with Gasteiger partial charge in [-0.15, -0.1) is 13.2 Å². The predicted octanol–water partition coefficient (Wildman–Crippen LogP) is 1.66. The molecule has 0 radical (unpaired) electrons. The zero-order valence-corrected chi connectivity index (χ0v) is 8.79. The smallest absolute Gasteiger partial charge is 0.481 e. The van der Waals surface area contributed by atoms with Gasteiger partial charge in [0.25, 0.3) is 0 Å². The predicted molar refractivity (Wildman–Crippen MR) is 51.5 cm³/mol. The quantitative estimate of drug-likeness (QED) is 0.811. The van der Waals surface area contributed by atoms with Gasteiger partial charge in [-0.25, -0.2) is 9.37 Å². The molecule has 1 rings (SSSR count). The number of ether oxygens (including phenoxy) is 1. The number of aliphatic carboxylic acids is 1. The summed E-state index contributed by atoms with van der Waals surface area (Å²) in [4.78, 5) is 13.7. The molecule has 0 aromatic carbocycles. The SMILES string of the molecule is Nc1c(CF)cnc(OC(F)(F)F)c1CC(=O)O. The minimum Gasteiger partial charge on any atom is -0.481 e. The molecular weight excluding hydrogens is 260 g/mol. The van der Waals surface area contributed by atoms with Gasteiger partial charge in [-0.1, -0.05) is 0 Å². The summed E-state index contributed by atoms with van der Waals surface area (Å²) in [6.07, 6.45) is -5.12. The first-order chi connectivity index (χ1) is 8.24. The van der Waals surface area contributed by atoms with Crippen LogP contribution in [0.1, 0.15) is 11.1 Å². The summed E-state index contributed by atoms with van der Waals surface area (Å²) in [5, 5.41) is 8.56. The summed E-state index contributed by atoms with van der Waals surface area (Å²) in [6.45, 7) is -1.07. The van der Waals surface area contributed by atoms with Crippen molar-refractivity contribution in [1.82, 2.24) is 4.98 Å². The number of nitrogens with two attached hydrogens (primary N) is 1. The van der Waals surface area contributed by atoms with E-state index in [1.165, 1.54) is 0 Å². The lowest BCUT2D eigenvalue weighted by Gasteiger charge is -2.14. The first kappa shape index (κ1) is 14.0. The number of hydrogen-bond acceptors (Lipinski definition) is 4. The minimum absolute atomic E-state index is 0.194. The van der Waals surface area contributed by atoms with E-state index in [0.717, 1.165) is 6.20 Å². The van der Waals surface area contributed by atoms with Crippen LogP contribution in [0.2, 0.25) is 0 Å². The third kappa shape index (κ3) is 3.47. The van der Waals surface area contributed by atoms with E-state index in [-0.39, 0.29) is 5.56 Å². The van der Waals surface area contributed by atoms with Gasteiger partial charge in [-0.05, 0) is 0 Å². The van der Waals surface area contributed by atoms with Crippen LogP contribution in [-0.4, -0.2) is 22.4 Å². The van der Waals surface area contributed by atoms with Crippen molar-refractivity contribution in [3.8, 4) is 5.88 Å². The maximum absolute atomic E-state index is 12.4. The van der Waals surface area contributed by atoms with Crippen molar-refractivity contribution >= 4 is 11.7 Å². The van der Waals surface area contributed by atoms with Crippen molar-refractivity contribution in [3.63, 3.8) is 0 Å². The lowest BCUT2D eigenvalue weighted by Crippen LogP contribution is -2.20. The number of rotatable bonds is 4. The summed E-state index contributed by atoms with van der Waals surface area (Å²) in [6, 6.07) is 0. The molecule has 1 heterocycles. The first-order valence-electron chi connectivity index (χ1n) is 4.54. The van der Waals surface area contributed by atoms with Gasteiger partial charge in [-0.2, -0.15) is 0 Å². The largest absolute Gasteiger partial charge is 0.574 e. The zero-order valence-electron chi connectivity index (χ0n) is 8.79. The topological polar surface area (TPSA) is 85.4 Å². The molecule has 1 aromatic heterocycles. The fourth-order valence-corrected chi connectivity index (χ4v) is 1.22. The fourth-order valence-electron chi connectivity index (χ4n) is 1.22. The molecular formula is C9H8F4N2O3. The van der Waals surface area contributed by atoms with Gasteiger partial charge in [0.1, 0.15) is 6.67 Å². The Balaban J connectivity index is 3.24. The summed E-state index contributed by atoms with van der Waals surface area (Å²) in [5.74, 6) is -2.42. The second-order valence-electron chi connectivity index (χ2n) is 3.23. The van der Waals surface area contributed by atoms with Crippen molar-refractivity contribution in [2.45, 2.75) is 19.5 Å². The van der Waals surface area contributed by atoms with Crippen molar-refractivity contribution < 1.29 is 32.2 Å². The molecule has 0 spiro atoms. The molecule has 0 unspecified atom stereocenters. The maximum Gasteiger partial charge on any atom is 0.574 e. The van der Waals surface area contributed by atoms with Crippen molar-refractivity contribution in [2.75, 3.05) is 5.73 Å². The Morgan fingerprint density at radius 1 is 1.50 bits per heavy atom. The van der Waals surface area contributed by atoms with Crippen LogP contribution in [0.4, 0.5) is 23.2 Å². The molecule has 1 aromatic rings. The third-order valence-electron chi connectivity index (χ3n) is 1.95. The Labute approximate surface area is 98.2 Å². The number of hydrogen-bond donors (Lipinski definition) is 2. The summed E-state index contributed by atoms with van der Waals surface area (Å²) in [7, 11) is 0. The number of anilines is 1. The Morgan fingerprint density at radius 3 is 2.56 bits per heavy atom. The molecule has 0 aliphatic carbocycles. The molecule has 5 nitrogen and oxygen atoms in total. The fraction of sp³-hybridized carbons (Fsp3) is 0.333. The highest BCUT2D eigenvalue weighted by atomic mass is 19.4. The van der Waals surface area contributed by atoms with Crippen LogP contribution in [0.25, 0.3) is 0 Å². The number of pyridine rings is 1. The highest BCUT2D eigenvalue weighted by molar-refractivity contribution is 5.75. The van der Waals surface area contributed by atoms with E-state index in [1.54, 1.807) is 0 Å². The molecule has 0 amide bonds. The first-order valence-corrected chi connectivity index (χ1v) is 4.54. The highest BCUT2D eigenvalue weighted by Crippen LogP contribution is 2.30. The molecule has 3 N–H and O–H groups in total. The molecule has 0 aliphatic heterocycles. The van der Waals surface area contributed by atoms with Crippen LogP contribution >= 0.6 is 0 Å². The van der Waals surface area contributed by atoms with Crippen molar-refractivity contribution in [3.05, 3.63) is 17.3 Å². The summed E-state index contributed by atoms with van der Waals surface area (Å²) < 4.78 is 52.1. The van der Waals surface area contributed by atoms with E-state index in [2.05, 4.69) is 9.72 Å². The third-order valence-corrected chi connectivity index (χ3v) is 1.95. The molecule has 0 saturated heterocycles. The van der Waals surface area contributed by atoms with Crippen LogP contribution in [0.3, 0.4) is 0 Å². The van der Waals surface area contributed by atoms with E-state index < -0.39 is 42.6 Å². The standard InChI is InChI=1S/C9H8F4N2O3/c10-2-4-3-15-8(18-9(11,12)13)5(7(4)14)1-6(16)17/h3H,1-2H2,(H2,14,15)(H,16,17). The zero-order chi connectivity index (χ0) is 13.9. The van der Waals surface area contributed by atoms with E-state index >= 15 is 0 Å². The Hall–Kier alpha value is -2.06. The summed E-state index contributed by atoms with van der Waals surface area (Å²) in [5.41, 5.74) is 4.26. The van der Waals surface area contributed by atoms with E-state index in [9.17, 15) is 22.4 Å². The Morgan fingerprint density at radius 2 is 2.11 bits per heavy atom. The average Bonchev–Trinajstić information content (AvgIpc) is 2.21. The second kappa shape index (κ2) is 5.07. The van der Waals surface area contributed by atoms with Gasteiger partial charge in [0.15, 0.2) is 0 Å². The molecule has 0 aliphatic rings. The van der Waals surface area contributed by atoms with Gasteiger partial charge < -0.3 is 15.6 Å². The lowest BCUT2D eigenvalue weighted by atomic mass is 10.1. The number of aromatic nitrogens is 1. The molecule has 100 valence electrons. The van der Waals surface area contributed by atoms with Gasteiger partial charge in [-0.3, -0.25) is 4.79 Å². The van der Waals surface area contributed by atoms with Crippen molar-refractivity contribution in [2.24, 2.45) is 0 Å². The molecule has 0 fully saturated rings. The van der Waals surface area contributed by atoms with Crippen LogP contribution in [-0.2, 0) is 17.9 Å². The van der Waals surface area contributed by atoms with Crippen LogP contribution < -0.4 is 10.5 Å². The van der Waals surface area contributed by atoms with E-state index in [0.29, 0.717) is 0 Å². The van der Waals surface area contributed by atoms with Gasteiger partial charge >= 0.3 is 12.3 Å². The summed E-state index contributed by atoms with van der Waals surface area (Å²) >= 11 is 0. The second-order valence-corrected chi connectivity index (χ2v) is 3.23. The molecule has 0 saturated carbocycles. The lowest BCUT2D eigenvalue weighted by molar-refractivity contribution is -0.276. The number of alkyl halides is 4. The van der Waals surface area contributed by atoms with Crippen LogP contribution in [0, 0.1) is 0 Å². The minimum atomic E-state index is -5.04.